The van der Waals surface area contributed by atoms with Gasteiger partial charge in [-0.2, -0.15) is 0 Å². The summed E-state index contributed by atoms with van der Waals surface area (Å²) in [5, 5.41) is 2.76. The van der Waals surface area contributed by atoms with Crippen LogP contribution in [0.1, 0.15) is 10.4 Å². The molecule has 0 aliphatic heterocycles. The van der Waals surface area contributed by atoms with Crippen LogP contribution in [0.4, 0.5) is 0 Å². The molecule has 0 fully saturated rings. The Labute approximate surface area is 224 Å². The number of hydrogen-bond donors (Lipinski definition) is 1. The van der Waals surface area contributed by atoms with Crippen LogP contribution in [0.2, 0.25) is 0 Å². The van der Waals surface area contributed by atoms with Crippen LogP contribution in [0.5, 0.6) is 0 Å². The van der Waals surface area contributed by atoms with E-state index in [-0.39, 0.29) is 12.5 Å². The summed E-state index contributed by atoms with van der Waals surface area (Å²) in [6.45, 7) is -0.255. The van der Waals surface area contributed by atoms with Crippen molar-refractivity contribution >= 4 is 43.7 Å². The topological polar surface area (TPSA) is 55.4 Å². The van der Waals surface area contributed by atoms with Crippen molar-refractivity contribution in [3.05, 3.63) is 157 Å². The fraction of sp³-hybridized carbons (Fsp3) is 0.0303. The number of nitrogens with one attached hydrogen (secondary N) is 1. The van der Waals surface area contributed by atoms with Crippen molar-refractivity contribution in [3.8, 4) is 0 Å². The molecule has 1 N–H and O–H groups in total. The number of amides is 1. The van der Waals surface area contributed by atoms with Gasteiger partial charge in [0, 0.05) is 0 Å². The predicted molar refractivity (Wildman–Crippen MR) is 155 cm³/mol. The van der Waals surface area contributed by atoms with Crippen molar-refractivity contribution in [1.82, 2.24) is 5.32 Å². The van der Waals surface area contributed by atoms with Gasteiger partial charge in [0.25, 0.3) is 0 Å². The Morgan fingerprint density at radius 1 is 0.500 bits per heavy atom. The molecule has 188 valence electrons. The van der Waals surface area contributed by atoms with Crippen LogP contribution in [0.3, 0.4) is 0 Å². The van der Waals surface area contributed by atoms with Gasteiger partial charge < -0.3 is 0 Å². The predicted octanol–water partition coefficient (Wildman–Crippen LogP) is 3.49. The molecule has 38 heavy (non-hydrogen) atoms. The van der Waals surface area contributed by atoms with Crippen LogP contribution in [-0.4, -0.2) is 36.2 Å². The van der Waals surface area contributed by atoms with Gasteiger partial charge in [0.2, 0.25) is 0 Å². The third kappa shape index (κ3) is 4.42. The normalized spacial score (nSPS) is 12.1. The zero-order valence-electron chi connectivity index (χ0n) is 20.8. The van der Waals surface area contributed by atoms with Gasteiger partial charge in [-0.25, -0.2) is 0 Å². The van der Waals surface area contributed by atoms with E-state index in [4.69, 9.17) is 3.02 Å². The Balaban J connectivity index is 1.74. The van der Waals surface area contributed by atoms with Gasteiger partial charge in [0.15, 0.2) is 0 Å². The molecule has 0 unspecified atom stereocenters. The minimum atomic E-state index is -5.30. The summed E-state index contributed by atoms with van der Waals surface area (Å²) in [4.78, 5) is 26.7. The van der Waals surface area contributed by atoms with Crippen LogP contribution < -0.4 is 19.4 Å². The van der Waals surface area contributed by atoms with Crippen molar-refractivity contribution in [2.75, 3.05) is 6.54 Å². The molecule has 0 aromatic heterocycles. The van der Waals surface area contributed by atoms with Crippen LogP contribution >= 0.6 is 0 Å². The van der Waals surface area contributed by atoms with Gasteiger partial charge in [-0.05, 0) is 0 Å². The molecule has 0 aliphatic carbocycles. The fourth-order valence-electron chi connectivity index (χ4n) is 5.04. The van der Waals surface area contributed by atoms with Crippen molar-refractivity contribution in [3.63, 3.8) is 0 Å². The number of rotatable bonds is 8. The zero-order valence-corrected chi connectivity index (χ0v) is 23.4. The first-order valence-electron chi connectivity index (χ1n) is 12.4. The molecule has 5 aromatic rings. The Kier molecular flexibility index (Phi) is 7.44. The van der Waals surface area contributed by atoms with E-state index in [2.05, 4.69) is 53.8 Å². The first-order valence-corrected chi connectivity index (χ1v) is 18.6. The molecule has 0 radical (unpaired) electrons. The fourth-order valence-corrected chi connectivity index (χ4v) is 21.2. The second-order valence-corrected chi connectivity index (χ2v) is 21.2. The molecule has 0 aliphatic rings. The molecule has 0 atom stereocenters. The van der Waals surface area contributed by atoms with Gasteiger partial charge in [0.1, 0.15) is 0 Å². The first-order chi connectivity index (χ1) is 18.6. The van der Waals surface area contributed by atoms with Crippen molar-refractivity contribution in [1.29, 1.82) is 0 Å². The van der Waals surface area contributed by atoms with E-state index in [1.165, 1.54) is 0 Å². The van der Waals surface area contributed by atoms with Crippen LogP contribution in [0, 0.1) is 0 Å². The molecule has 1 amide bonds. The van der Waals surface area contributed by atoms with Crippen LogP contribution in [0.15, 0.2) is 152 Å². The van der Waals surface area contributed by atoms with E-state index in [0.717, 1.165) is 14.0 Å². The van der Waals surface area contributed by atoms with Crippen molar-refractivity contribution in [2.24, 2.45) is 0 Å². The van der Waals surface area contributed by atoms with E-state index in [9.17, 15) is 9.59 Å². The first kappa shape index (κ1) is 25.5. The standard InChI is InChI=1S/C9H9NO3.4C6H5.Sb/c11-8(12)6-10-9(13)7-4-2-1-3-5-7;4*1-2-4-6-5-3-1;/h1-5H,6H2,(H,10,13)(H,11,12);4*1-5H;/q;;;;;+1/p-1. The number of hydrogen-bond acceptors (Lipinski definition) is 3. The molecule has 0 saturated heterocycles. The average Bonchev–Trinajstić information content (AvgIpc) is 3.01. The molecule has 0 saturated carbocycles. The average molecular weight is 608 g/mol. The summed E-state index contributed by atoms with van der Waals surface area (Å²) < 4.78 is 10.9. The minimum absolute atomic E-state index is 0.255. The second kappa shape index (κ2) is 11.1. The van der Waals surface area contributed by atoms with Crippen LogP contribution in [0.25, 0.3) is 0 Å². The third-order valence-electron chi connectivity index (χ3n) is 6.71. The summed E-state index contributed by atoms with van der Waals surface area (Å²) >= 11 is -5.30. The van der Waals surface area contributed by atoms with Gasteiger partial charge in [-0.3, -0.25) is 0 Å². The van der Waals surface area contributed by atoms with Gasteiger partial charge in [-0.15, -0.1) is 0 Å². The summed E-state index contributed by atoms with van der Waals surface area (Å²) in [5.74, 6) is -0.813. The Morgan fingerprint density at radius 3 is 1.16 bits per heavy atom. The second-order valence-electron chi connectivity index (χ2n) is 8.89. The van der Waals surface area contributed by atoms with E-state index in [0.29, 0.717) is 5.56 Å². The molecule has 0 spiro atoms. The molecular formula is C33H28NO3Sb. The zero-order chi connectivity index (χ0) is 26.3. The summed E-state index contributed by atoms with van der Waals surface area (Å²) in [5.41, 5.74) is 0.487. The van der Waals surface area contributed by atoms with E-state index < -0.39 is 23.8 Å². The van der Waals surface area contributed by atoms with Gasteiger partial charge in [-0.1, -0.05) is 0 Å². The Bertz CT molecular complexity index is 1340. The summed E-state index contributed by atoms with van der Waals surface area (Å²) in [7, 11) is 0. The molecule has 4 nitrogen and oxygen atoms in total. The van der Waals surface area contributed by atoms with Crippen molar-refractivity contribution < 1.29 is 12.6 Å². The molecule has 0 bridgehead atoms. The SMILES string of the molecule is O=C(CNC(=O)c1ccccc1)[O][Sb]([c]1ccccc1)([c]1ccccc1)([c]1ccccc1)[c]1ccccc1. The van der Waals surface area contributed by atoms with E-state index in [1.54, 1.807) is 24.3 Å². The monoisotopic (exact) mass is 607 g/mol. The molecule has 5 aromatic carbocycles. The maximum absolute atomic E-state index is 13.9. The number of benzene rings is 5. The third-order valence-corrected chi connectivity index (χ3v) is 23.0. The molecule has 5 rings (SSSR count). The van der Waals surface area contributed by atoms with Gasteiger partial charge >= 0.3 is 225 Å². The van der Waals surface area contributed by atoms with E-state index in [1.807, 2.05) is 78.9 Å². The molecule has 0 heterocycles. The Morgan fingerprint density at radius 2 is 0.816 bits per heavy atom. The molecule has 5 heteroatoms. The summed E-state index contributed by atoms with van der Waals surface area (Å²) in [6, 6.07) is 49.1. The Hall–Kier alpha value is -4.14. The number of carbonyl (C=O) groups excluding carboxylic acids is 2. The van der Waals surface area contributed by atoms with Gasteiger partial charge in [0.05, 0.1) is 0 Å². The van der Waals surface area contributed by atoms with Crippen LogP contribution in [-0.2, 0) is 7.81 Å². The van der Waals surface area contributed by atoms with Crippen molar-refractivity contribution in [2.45, 2.75) is 0 Å². The summed E-state index contributed by atoms with van der Waals surface area (Å²) in [6.07, 6.45) is 0. The maximum atomic E-state index is 13.9. The quantitative estimate of drug-likeness (QED) is 0.275. The number of carbonyl (C=O) groups is 2. The van der Waals surface area contributed by atoms with E-state index >= 15 is 0 Å². The molecular weight excluding hydrogens is 580 g/mol.